The molecule has 1 saturated carbocycles. The Morgan fingerprint density at radius 1 is 0.970 bits per heavy atom. The third kappa shape index (κ3) is 4.67. The van der Waals surface area contributed by atoms with Crippen LogP contribution in [0.4, 0.5) is 0 Å². The summed E-state index contributed by atoms with van der Waals surface area (Å²) in [6.45, 7) is 3.71. The molecular weight excluding hydrogens is 434 g/mol. The van der Waals surface area contributed by atoms with Crippen LogP contribution in [0.3, 0.4) is 0 Å². The molecule has 0 radical (unpaired) electrons. The molecule has 1 heterocycles. The molecule has 2 aliphatic rings. The van der Waals surface area contributed by atoms with E-state index >= 15 is 0 Å². The number of carbonyl (C=O) groups excluding carboxylic acids is 2. The van der Waals surface area contributed by atoms with E-state index in [2.05, 4.69) is 0 Å². The third-order valence-corrected chi connectivity index (χ3v) is 7.98. The van der Waals surface area contributed by atoms with Crippen molar-refractivity contribution in [3.63, 3.8) is 0 Å². The van der Waals surface area contributed by atoms with Gasteiger partial charge in [-0.3, -0.25) is 14.5 Å². The minimum Gasteiger partial charge on any atom is -0.385 e. The Bertz CT molecular complexity index is 993. The Morgan fingerprint density at radius 3 is 2.24 bits per heavy atom. The van der Waals surface area contributed by atoms with Crippen LogP contribution in [0, 0.1) is 0 Å². The minimum atomic E-state index is -1.38. The van der Waals surface area contributed by atoms with Gasteiger partial charge in [-0.15, -0.1) is 11.8 Å². The number of hydrogen-bond donors (Lipinski definition) is 1. The van der Waals surface area contributed by atoms with E-state index in [1.54, 1.807) is 36.9 Å². The number of Topliss-reactive ketones (excluding diaryl/α,β-unsaturated/α-hetero) is 2. The summed E-state index contributed by atoms with van der Waals surface area (Å²) in [5.74, 6) is -0.467. The summed E-state index contributed by atoms with van der Waals surface area (Å²) in [5.41, 5.74) is -0.792. The summed E-state index contributed by atoms with van der Waals surface area (Å²) in [7, 11) is 0. The lowest BCUT2D eigenvalue weighted by atomic mass is 9.74. The molecule has 2 aromatic carbocycles. The van der Waals surface area contributed by atoms with Crippen molar-refractivity contribution in [2.24, 2.45) is 0 Å². The normalized spacial score (nSPS) is 20.7. The van der Waals surface area contributed by atoms with Crippen molar-refractivity contribution in [2.45, 2.75) is 55.1 Å². The van der Waals surface area contributed by atoms with Gasteiger partial charge in [0.2, 0.25) is 0 Å². The second-order valence-electron chi connectivity index (χ2n) is 9.20. The van der Waals surface area contributed by atoms with Crippen LogP contribution in [0.2, 0.25) is 0 Å². The fourth-order valence-electron chi connectivity index (χ4n) is 5.18. The molecule has 5 nitrogen and oxygen atoms in total. The standard InChI is InChI=1S/C27H33NO4S/c1-26(28-16-18-32-19-17-28,24(29)20-10-12-21(33-2)13-11-20)25(30)22-8-4-5-9-23(22)27(31)14-6-3-7-15-27/h4-5,8-13,31H,3,6-7,14-19H2,1-2H3. The fraction of sp³-hybridized carbons (Fsp3) is 0.481. The smallest absolute Gasteiger partial charge is 0.191 e. The highest BCUT2D eigenvalue weighted by Crippen LogP contribution is 2.40. The van der Waals surface area contributed by atoms with E-state index in [9.17, 15) is 14.7 Å². The molecule has 1 aliphatic heterocycles. The highest BCUT2D eigenvalue weighted by molar-refractivity contribution is 7.98. The van der Waals surface area contributed by atoms with E-state index in [1.807, 2.05) is 41.5 Å². The van der Waals surface area contributed by atoms with Gasteiger partial charge in [0, 0.05) is 29.1 Å². The molecule has 176 valence electrons. The maximum absolute atomic E-state index is 14.3. The molecule has 1 unspecified atom stereocenters. The van der Waals surface area contributed by atoms with Gasteiger partial charge in [0.1, 0.15) is 5.54 Å². The van der Waals surface area contributed by atoms with Gasteiger partial charge in [-0.25, -0.2) is 0 Å². The summed E-state index contributed by atoms with van der Waals surface area (Å²) < 4.78 is 5.52. The molecule has 0 spiro atoms. The van der Waals surface area contributed by atoms with Crippen molar-refractivity contribution in [1.29, 1.82) is 0 Å². The number of hydrogen-bond acceptors (Lipinski definition) is 6. The molecule has 0 aromatic heterocycles. The zero-order valence-electron chi connectivity index (χ0n) is 19.5. The van der Waals surface area contributed by atoms with Crippen molar-refractivity contribution in [2.75, 3.05) is 32.6 Å². The lowest BCUT2D eigenvalue weighted by Gasteiger charge is -2.42. The third-order valence-electron chi connectivity index (χ3n) is 7.23. The van der Waals surface area contributed by atoms with Crippen molar-refractivity contribution in [3.05, 3.63) is 65.2 Å². The number of rotatable bonds is 7. The first-order chi connectivity index (χ1) is 15.9. The largest absolute Gasteiger partial charge is 0.385 e. The first kappa shape index (κ1) is 24.1. The van der Waals surface area contributed by atoms with Crippen molar-refractivity contribution < 1.29 is 19.4 Å². The van der Waals surface area contributed by atoms with Crippen LogP contribution in [0.15, 0.2) is 53.4 Å². The van der Waals surface area contributed by atoms with Gasteiger partial charge < -0.3 is 9.84 Å². The number of thioether (sulfide) groups is 1. The van der Waals surface area contributed by atoms with Gasteiger partial charge in [0.05, 0.1) is 18.8 Å². The van der Waals surface area contributed by atoms with Crippen LogP contribution < -0.4 is 0 Å². The summed E-state index contributed by atoms with van der Waals surface area (Å²) >= 11 is 1.61. The number of carbonyl (C=O) groups is 2. The maximum Gasteiger partial charge on any atom is 0.191 e. The Labute approximate surface area is 200 Å². The highest BCUT2D eigenvalue weighted by atomic mass is 32.2. The molecule has 4 rings (SSSR count). The predicted octanol–water partition coefficient (Wildman–Crippen LogP) is 4.72. The molecule has 1 aliphatic carbocycles. The Hall–Kier alpha value is -1.99. The first-order valence-electron chi connectivity index (χ1n) is 11.8. The number of ketones is 2. The maximum atomic E-state index is 14.3. The Morgan fingerprint density at radius 2 is 1.61 bits per heavy atom. The van der Waals surface area contributed by atoms with E-state index in [0.717, 1.165) is 24.2 Å². The molecule has 1 N–H and O–H groups in total. The molecule has 1 saturated heterocycles. The van der Waals surface area contributed by atoms with Crippen LogP contribution in [0.1, 0.15) is 65.3 Å². The lowest BCUT2D eigenvalue weighted by molar-refractivity contribution is -0.00805. The van der Waals surface area contributed by atoms with Crippen LogP contribution in [-0.4, -0.2) is 59.7 Å². The number of benzene rings is 2. The number of morpholine rings is 1. The van der Waals surface area contributed by atoms with Gasteiger partial charge in [-0.05, 0) is 43.7 Å². The minimum absolute atomic E-state index is 0.215. The molecular formula is C27H33NO4S. The summed E-state index contributed by atoms with van der Waals surface area (Å²) in [6, 6.07) is 14.8. The van der Waals surface area contributed by atoms with Crippen molar-refractivity contribution in [3.8, 4) is 0 Å². The van der Waals surface area contributed by atoms with E-state index in [-0.39, 0.29) is 11.6 Å². The van der Waals surface area contributed by atoms with Crippen molar-refractivity contribution >= 4 is 23.3 Å². The highest BCUT2D eigenvalue weighted by Gasteiger charge is 2.49. The molecule has 2 fully saturated rings. The SMILES string of the molecule is CSc1ccc(C(=O)C(C)(C(=O)c2ccccc2C2(O)CCCCC2)N2CCOCC2)cc1. The second kappa shape index (κ2) is 10.1. The molecule has 6 heteroatoms. The Kier molecular flexibility index (Phi) is 7.39. The second-order valence-corrected chi connectivity index (χ2v) is 10.1. The topological polar surface area (TPSA) is 66.8 Å². The quantitative estimate of drug-likeness (QED) is 0.361. The zero-order chi connectivity index (χ0) is 23.5. The monoisotopic (exact) mass is 467 g/mol. The average molecular weight is 468 g/mol. The van der Waals surface area contributed by atoms with E-state index in [4.69, 9.17) is 4.74 Å². The van der Waals surface area contributed by atoms with E-state index < -0.39 is 11.1 Å². The first-order valence-corrected chi connectivity index (χ1v) is 13.0. The van der Waals surface area contributed by atoms with Gasteiger partial charge >= 0.3 is 0 Å². The van der Waals surface area contributed by atoms with Crippen molar-refractivity contribution in [1.82, 2.24) is 4.90 Å². The van der Waals surface area contributed by atoms with Crippen LogP contribution >= 0.6 is 11.8 Å². The Balaban J connectivity index is 1.78. The molecule has 2 aromatic rings. The number of aliphatic hydroxyl groups is 1. The predicted molar refractivity (Wildman–Crippen MR) is 131 cm³/mol. The van der Waals surface area contributed by atoms with E-state index in [1.165, 1.54) is 0 Å². The summed E-state index contributed by atoms with van der Waals surface area (Å²) in [5, 5.41) is 11.5. The molecule has 1 atom stereocenters. The average Bonchev–Trinajstić information content (AvgIpc) is 2.88. The van der Waals surface area contributed by atoms with Gasteiger partial charge in [0.15, 0.2) is 11.6 Å². The lowest BCUT2D eigenvalue weighted by Crippen LogP contribution is -2.61. The van der Waals surface area contributed by atoms with Gasteiger partial charge in [0.25, 0.3) is 0 Å². The molecule has 0 bridgehead atoms. The van der Waals surface area contributed by atoms with Crippen LogP contribution in [0.5, 0.6) is 0 Å². The summed E-state index contributed by atoms with van der Waals surface area (Å²) in [6.07, 6.45) is 6.21. The summed E-state index contributed by atoms with van der Waals surface area (Å²) in [4.78, 5) is 31.3. The number of ether oxygens (including phenoxy) is 1. The van der Waals surface area contributed by atoms with E-state index in [0.29, 0.717) is 55.8 Å². The van der Waals surface area contributed by atoms with Gasteiger partial charge in [-0.1, -0.05) is 55.7 Å². The van der Waals surface area contributed by atoms with Crippen LogP contribution in [0.25, 0.3) is 0 Å². The van der Waals surface area contributed by atoms with Gasteiger partial charge in [-0.2, -0.15) is 0 Å². The number of nitrogens with zero attached hydrogens (tertiary/aromatic N) is 1. The molecule has 33 heavy (non-hydrogen) atoms. The molecule has 0 amide bonds. The zero-order valence-corrected chi connectivity index (χ0v) is 20.3. The van der Waals surface area contributed by atoms with Crippen LogP contribution in [-0.2, 0) is 10.3 Å². The fourth-order valence-corrected chi connectivity index (χ4v) is 5.59.